The fraction of sp³-hybridized carbons (Fsp3) is 0.0909. The summed E-state index contributed by atoms with van der Waals surface area (Å²) in [6, 6.07) is 8.13. The minimum absolute atomic E-state index is 0.615. The zero-order valence-corrected chi connectivity index (χ0v) is 13.4. The molecule has 0 aliphatic heterocycles. The maximum atomic E-state index is 9.03. The van der Waals surface area contributed by atoms with Gasteiger partial charge in [0.2, 0.25) is 0 Å². The van der Waals surface area contributed by atoms with Crippen molar-refractivity contribution in [3.63, 3.8) is 0 Å². The van der Waals surface area contributed by atoms with Crippen LogP contribution < -0.4 is 5.32 Å². The molecule has 0 atom stereocenters. The Kier molecular flexibility index (Phi) is 4.01. The van der Waals surface area contributed by atoms with Gasteiger partial charge in [-0.25, -0.2) is 0 Å². The summed E-state index contributed by atoms with van der Waals surface area (Å²) in [5.41, 5.74) is 2.33. The smallest absolute Gasteiger partial charge is 0.132 e. The molecule has 0 aliphatic carbocycles. The van der Waals surface area contributed by atoms with E-state index >= 15 is 0 Å². The molecule has 1 aromatic carbocycles. The van der Waals surface area contributed by atoms with Gasteiger partial charge in [-0.2, -0.15) is 9.64 Å². The van der Waals surface area contributed by atoms with Gasteiger partial charge in [-0.05, 0) is 75.2 Å². The summed E-state index contributed by atoms with van der Waals surface area (Å²) in [7, 11) is 0. The lowest BCUT2D eigenvalue weighted by molar-refractivity contribution is 1.31. The SMILES string of the molecule is Cc1nsc(Nc2ccc(I)c(Br)c2)c1C#N. The Morgan fingerprint density at radius 3 is 2.94 bits per heavy atom. The van der Waals surface area contributed by atoms with Crippen LogP contribution in [0.1, 0.15) is 11.3 Å². The van der Waals surface area contributed by atoms with Crippen LogP contribution in [0.2, 0.25) is 0 Å². The van der Waals surface area contributed by atoms with Crippen molar-refractivity contribution < 1.29 is 0 Å². The van der Waals surface area contributed by atoms with E-state index in [1.165, 1.54) is 11.5 Å². The molecule has 6 heteroatoms. The van der Waals surface area contributed by atoms with Crippen molar-refractivity contribution in [3.8, 4) is 6.07 Å². The highest BCUT2D eigenvalue weighted by molar-refractivity contribution is 14.1. The van der Waals surface area contributed by atoms with E-state index in [1.807, 2.05) is 25.1 Å². The van der Waals surface area contributed by atoms with Gasteiger partial charge in [0.1, 0.15) is 16.6 Å². The predicted molar refractivity (Wildman–Crippen MR) is 81.7 cm³/mol. The molecule has 0 spiro atoms. The molecule has 0 radical (unpaired) electrons. The van der Waals surface area contributed by atoms with Gasteiger partial charge in [0.15, 0.2) is 0 Å². The molecule has 0 saturated heterocycles. The number of hydrogen-bond donors (Lipinski definition) is 1. The van der Waals surface area contributed by atoms with Crippen molar-refractivity contribution in [1.82, 2.24) is 4.37 Å². The molecule has 86 valence electrons. The van der Waals surface area contributed by atoms with Gasteiger partial charge in [0.05, 0.1) is 5.69 Å². The number of hydrogen-bond acceptors (Lipinski definition) is 4. The predicted octanol–water partition coefficient (Wildman–Crippen LogP) is 4.43. The molecule has 3 nitrogen and oxygen atoms in total. The lowest BCUT2D eigenvalue weighted by Crippen LogP contribution is -1.91. The highest BCUT2D eigenvalue weighted by Crippen LogP contribution is 2.29. The number of benzene rings is 1. The third kappa shape index (κ3) is 2.78. The number of nitrogens with zero attached hydrogens (tertiary/aromatic N) is 2. The fourth-order valence-corrected chi connectivity index (χ4v) is 2.77. The maximum Gasteiger partial charge on any atom is 0.132 e. The average molecular weight is 420 g/mol. The van der Waals surface area contributed by atoms with Gasteiger partial charge >= 0.3 is 0 Å². The van der Waals surface area contributed by atoms with Crippen molar-refractivity contribution in [2.24, 2.45) is 0 Å². The molecule has 2 rings (SSSR count). The molecule has 1 N–H and O–H groups in total. The molecule has 0 fully saturated rings. The molecular weight excluding hydrogens is 413 g/mol. The molecule has 0 saturated carbocycles. The Balaban J connectivity index is 2.32. The molecule has 0 aliphatic rings. The molecule has 0 amide bonds. The standard InChI is InChI=1S/C11H7BrIN3S/c1-6-8(5-14)11(17-16-6)15-7-2-3-10(13)9(12)4-7/h2-4,15H,1H3. The van der Waals surface area contributed by atoms with Gasteiger partial charge in [0.25, 0.3) is 0 Å². The quantitative estimate of drug-likeness (QED) is 0.732. The first-order chi connectivity index (χ1) is 8.11. The first kappa shape index (κ1) is 12.8. The van der Waals surface area contributed by atoms with Gasteiger partial charge in [-0.15, -0.1) is 0 Å². The first-order valence-corrected chi connectivity index (χ1v) is 7.35. The number of nitriles is 1. The Morgan fingerprint density at radius 2 is 2.29 bits per heavy atom. The van der Waals surface area contributed by atoms with E-state index in [9.17, 15) is 0 Å². The van der Waals surface area contributed by atoms with E-state index in [2.05, 4.69) is 54.3 Å². The van der Waals surface area contributed by atoms with E-state index in [0.29, 0.717) is 5.56 Å². The lowest BCUT2D eigenvalue weighted by atomic mass is 10.2. The number of rotatable bonds is 2. The summed E-state index contributed by atoms with van der Waals surface area (Å²) in [5, 5.41) is 13.0. The van der Waals surface area contributed by atoms with Crippen molar-refractivity contribution in [3.05, 3.63) is 37.5 Å². The summed E-state index contributed by atoms with van der Waals surface area (Å²) in [5.74, 6) is 0. The van der Waals surface area contributed by atoms with Crippen molar-refractivity contribution in [1.29, 1.82) is 5.26 Å². The molecule has 17 heavy (non-hydrogen) atoms. The summed E-state index contributed by atoms with van der Waals surface area (Å²) in [6.45, 7) is 1.84. The minimum atomic E-state index is 0.615. The van der Waals surface area contributed by atoms with Crippen LogP contribution in [0.25, 0.3) is 0 Å². The third-order valence-electron chi connectivity index (χ3n) is 2.15. The van der Waals surface area contributed by atoms with Crippen LogP contribution in [0.3, 0.4) is 0 Å². The monoisotopic (exact) mass is 419 g/mol. The number of aromatic nitrogens is 1. The Labute approximate surface area is 125 Å². The van der Waals surface area contributed by atoms with E-state index in [1.54, 1.807) is 0 Å². The summed E-state index contributed by atoms with van der Waals surface area (Å²) in [6.07, 6.45) is 0. The zero-order chi connectivity index (χ0) is 12.4. The second-order valence-corrected chi connectivity index (χ2v) is 6.13. The van der Waals surface area contributed by atoms with E-state index in [0.717, 1.165) is 24.4 Å². The Bertz CT molecular complexity index is 603. The van der Waals surface area contributed by atoms with Gasteiger partial charge in [-0.3, -0.25) is 0 Å². The maximum absolute atomic E-state index is 9.03. The summed E-state index contributed by atoms with van der Waals surface area (Å²) < 4.78 is 6.34. The van der Waals surface area contributed by atoms with Crippen molar-refractivity contribution >= 4 is 60.7 Å². The van der Waals surface area contributed by atoms with Crippen LogP contribution in [-0.4, -0.2) is 4.37 Å². The number of halogens is 2. The number of anilines is 2. The van der Waals surface area contributed by atoms with Crippen LogP contribution in [0.5, 0.6) is 0 Å². The fourth-order valence-electron chi connectivity index (χ4n) is 1.29. The molecule has 0 unspecified atom stereocenters. The number of nitrogens with one attached hydrogen (secondary N) is 1. The Morgan fingerprint density at radius 1 is 1.53 bits per heavy atom. The first-order valence-electron chi connectivity index (χ1n) is 4.70. The average Bonchev–Trinajstić information content (AvgIpc) is 2.64. The number of aryl methyl sites for hydroxylation is 1. The minimum Gasteiger partial charge on any atom is -0.345 e. The lowest BCUT2D eigenvalue weighted by Gasteiger charge is -2.05. The van der Waals surface area contributed by atoms with Gasteiger partial charge < -0.3 is 5.32 Å². The van der Waals surface area contributed by atoms with Gasteiger partial charge in [-0.1, -0.05) is 0 Å². The highest BCUT2D eigenvalue weighted by atomic mass is 127. The normalized spacial score (nSPS) is 10.0. The highest BCUT2D eigenvalue weighted by Gasteiger charge is 2.10. The topological polar surface area (TPSA) is 48.7 Å². The van der Waals surface area contributed by atoms with Crippen LogP contribution in [0, 0.1) is 21.8 Å². The second-order valence-electron chi connectivity index (χ2n) is 3.34. The summed E-state index contributed by atoms with van der Waals surface area (Å²) in [4.78, 5) is 0. The van der Waals surface area contributed by atoms with Gasteiger partial charge in [0, 0.05) is 13.7 Å². The third-order valence-corrected chi connectivity index (χ3v) is 5.34. The second kappa shape index (κ2) is 5.33. The largest absolute Gasteiger partial charge is 0.345 e. The van der Waals surface area contributed by atoms with Crippen LogP contribution in [-0.2, 0) is 0 Å². The van der Waals surface area contributed by atoms with Crippen molar-refractivity contribution in [2.45, 2.75) is 6.92 Å². The Hall–Kier alpha value is -0.650. The van der Waals surface area contributed by atoms with E-state index in [4.69, 9.17) is 5.26 Å². The van der Waals surface area contributed by atoms with Crippen LogP contribution in [0.15, 0.2) is 22.7 Å². The van der Waals surface area contributed by atoms with E-state index in [-0.39, 0.29) is 0 Å². The molecule has 0 bridgehead atoms. The summed E-state index contributed by atoms with van der Waals surface area (Å²) >= 11 is 7.03. The van der Waals surface area contributed by atoms with Crippen LogP contribution in [0.4, 0.5) is 10.7 Å². The molecule has 1 heterocycles. The molecule has 1 aromatic heterocycles. The van der Waals surface area contributed by atoms with Crippen LogP contribution >= 0.6 is 50.1 Å². The zero-order valence-electron chi connectivity index (χ0n) is 8.79. The molecular formula is C11H7BrIN3S. The van der Waals surface area contributed by atoms with E-state index < -0.39 is 0 Å². The van der Waals surface area contributed by atoms with Crippen molar-refractivity contribution in [2.75, 3.05) is 5.32 Å². The molecule has 2 aromatic rings.